The molecular weight excluding hydrogens is 282 g/mol. The Morgan fingerprint density at radius 3 is 3.00 bits per heavy atom. The van der Waals surface area contributed by atoms with Gasteiger partial charge in [0.05, 0.1) is 7.11 Å². The van der Waals surface area contributed by atoms with Gasteiger partial charge in [0, 0.05) is 30.1 Å². The average molecular weight is 309 g/mol. The van der Waals surface area contributed by atoms with Crippen molar-refractivity contribution in [3.63, 3.8) is 0 Å². The van der Waals surface area contributed by atoms with Crippen molar-refractivity contribution in [1.82, 2.24) is 5.32 Å². The largest absolute Gasteiger partial charge is 0.496 e. The molecular formula is C17H27NO2S. The molecule has 1 heterocycles. The van der Waals surface area contributed by atoms with Gasteiger partial charge in [-0.3, -0.25) is 0 Å². The Morgan fingerprint density at radius 1 is 1.48 bits per heavy atom. The van der Waals surface area contributed by atoms with E-state index in [0.717, 1.165) is 24.5 Å². The SMILES string of the molecule is CCSCCC(C)NCc1cc2c(cc1OC)CC(C)O2. The van der Waals surface area contributed by atoms with Gasteiger partial charge in [-0.2, -0.15) is 11.8 Å². The van der Waals surface area contributed by atoms with Crippen LogP contribution in [0.1, 0.15) is 38.3 Å². The fourth-order valence-electron chi connectivity index (χ4n) is 2.60. The third-order valence-corrected chi connectivity index (χ3v) is 4.77. The van der Waals surface area contributed by atoms with Crippen molar-refractivity contribution in [3.05, 3.63) is 23.3 Å². The molecule has 2 atom stereocenters. The van der Waals surface area contributed by atoms with Crippen LogP contribution in [0.2, 0.25) is 0 Å². The van der Waals surface area contributed by atoms with Gasteiger partial charge >= 0.3 is 0 Å². The Bertz CT molecular complexity index is 464. The van der Waals surface area contributed by atoms with Crippen molar-refractivity contribution >= 4 is 11.8 Å². The number of hydrogen-bond acceptors (Lipinski definition) is 4. The molecule has 118 valence electrons. The Hall–Kier alpha value is -0.870. The first-order valence-electron chi connectivity index (χ1n) is 7.81. The number of hydrogen-bond donors (Lipinski definition) is 1. The molecule has 2 unspecified atom stereocenters. The molecule has 1 N–H and O–H groups in total. The van der Waals surface area contributed by atoms with Crippen LogP contribution in [0.25, 0.3) is 0 Å². The Morgan fingerprint density at radius 2 is 2.29 bits per heavy atom. The van der Waals surface area contributed by atoms with Crippen LogP contribution in [-0.4, -0.2) is 30.8 Å². The lowest BCUT2D eigenvalue weighted by atomic mass is 10.1. The summed E-state index contributed by atoms with van der Waals surface area (Å²) in [4.78, 5) is 0. The summed E-state index contributed by atoms with van der Waals surface area (Å²) in [6.07, 6.45) is 2.45. The molecule has 1 aromatic carbocycles. The van der Waals surface area contributed by atoms with Gasteiger partial charge in [0.15, 0.2) is 0 Å². The van der Waals surface area contributed by atoms with E-state index in [9.17, 15) is 0 Å². The maximum absolute atomic E-state index is 5.85. The van der Waals surface area contributed by atoms with Crippen molar-refractivity contribution in [2.45, 2.75) is 52.3 Å². The molecule has 0 aromatic heterocycles. The number of fused-ring (bicyclic) bond motifs is 1. The van der Waals surface area contributed by atoms with E-state index in [-0.39, 0.29) is 6.10 Å². The standard InChI is InChI=1S/C17H27NO2S/c1-5-21-7-6-12(2)18-11-15-10-17-14(8-13(3)20-17)9-16(15)19-4/h9-10,12-13,18H,5-8,11H2,1-4H3. The number of methoxy groups -OCH3 is 1. The van der Waals surface area contributed by atoms with Crippen LogP contribution in [0.3, 0.4) is 0 Å². The lowest BCUT2D eigenvalue weighted by Gasteiger charge is -2.16. The zero-order valence-electron chi connectivity index (χ0n) is 13.6. The van der Waals surface area contributed by atoms with E-state index in [1.165, 1.54) is 29.1 Å². The minimum absolute atomic E-state index is 0.276. The summed E-state index contributed by atoms with van der Waals surface area (Å²) in [6, 6.07) is 4.79. The molecule has 1 aliphatic heterocycles. The third-order valence-electron chi connectivity index (χ3n) is 3.84. The van der Waals surface area contributed by atoms with Crippen molar-refractivity contribution in [2.24, 2.45) is 0 Å². The van der Waals surface area contributed by atoms with Gasteiger partial charge in [-0.15, -0.1) is 0 Å². The molecule has 0 aliphatic carbocycles. The summed E-state index contributed by atoms with van der Waals surface area (Å²) >= 11 is 2.00. The number of thioether (sulfide) groups is 1. The fraction of sp³-hybridized carbons (Fsp3) is 0.647. The highest BCUT2D eigenvalue weighted by atomic mass is 32.2. The first kappa shape index (κ1) is 16.5. The summed E-state index contributed by atoms with van der Waals surface area (Å²) in [5.41, 5.74) is 2.44. The van der Waals surface area contributed by atoms with Crippen LogP contribution in [0.15, 0.2) is 12.1 Å². The molecule has 0 amide bonds. The lowest BCUT2D eigenvalue weighted by Crippen LogP contribution is -2.26. The Balaban J connectivity index is 1.95. The van der Waals surface area contributed by atoms with Gasteiger partial charge < -0.3 is 14.8 Å². The van der Waals surface area contributed by atoms with Crippen LogP contribution in [0.4, 0.5) is 0 Å². The van der Waals surface area contributed by atoms with Gasteiger partial charge in [0.25, 0.3) is 0 Å². The van der Waals surface area contributed by atoms with Gasteiger partial charge in [0.2, 0.25) is 0 Å². The minimum Gasteiger partial charge on any atom is -0.496 e. The predicted molar refractivity (Wildman–Crippen MR) is 90.7 cm³/mol. The quantitative estimate of drug-likeness (QED) is 0.743. The Labute approximate surface area is 132 Å². The van der Waals surface area contributed by atoms with Gasteiger partial charge in [0.1, 0.15) is 17.6 Å². The zero-order valence-corrected chi connectivity index (χ0v) is 14.4. The van der Waals surface area contributed by atoms with E-state index in [0.29, 0.717) is 6.04 Å². The summed E-state index contributed by atoms with van der Waals surface area (Å²) in [7, 11) is 1.74. The second-order valence-corrected chi connectivity index (χ2v) is 7.07. The minimum atomic E-state index is 0.276. The van der Waals surface area contributed by atoms with E-state index in [4.69, 9.17) is 9.47 Å². The van der Waals surface area contributed by atoms with E-state index in [1.807, 2.05) is 11.8 Å². The van der Waals surface area contributed by atoms with Crippen LogP contribution >= 0.6 is 11.8 Å². The smallest absolute Gasteiger partial charge is 0.123 e. The molecule has 21 heavy (non-hydrogen) atoms. The Kier molecular flexibility index (Phi) is 6.24. The first-order chi connectivity index (χ1) is 10.1. The van der Waals surface area contributed by atoms with Crippen LogP contribution in [-0.2, 0) is 13.0 Å². The second-order valence-electron chi connectivity index (χ2n) is 5.67. The predicted octanol–water partition coefficient (Wildman–Crippen LogP) is 3.64. The topological polar surface area (TPSA) is 30.5 Å². The van der Waals surface area contributed by atoms with Crippen molar-refractivity contribution in [2.75, 3.05) is 18.6 Å². The molecule has 4 heteroatoms. The molecule has 1 aromatic rings. The summed E-state index contributed by atoms with van der Waals surface area (Å²) in [6.45, 7) is 7.39. The first-order valence-corrected chi connectivity index (χ1v) is 8.97. The molecule has 0 saturated heterocycles. The third kappa shape index (κ3) is 4.55. The van der Waals surface area contributed by atoms with Gasteiger partial charge in [-0.25, -0.2) is 0 Å². The summed E-state index contributed by atoms with van der Waals surface area (Å²) in [5, 5.41) is 3.59. The van der Waals surface area contributed by atoms with Crippen LogP contribution < -0.4 is 14.8 Å². The summed E-state index contributed by atoms with van der Waals surface area (Å²) < 4.78 is 11.4. The van der Waals surface area contributed by atoms with Crippen LogP contribution in [0.5, 0.6) is 11.5 Å². The molecule has 1 aliphatic rings. The molecule has 0 fully saturated rings. The molecule has 0 spiro atoms. The van der Waals surface area contributed by atoms with Crippen molar-refractivity contribution in [3.8, 4) is 11.5 Å². The van der Waals surface area contributed by atoms with Gasteiger partial charge in [-0.1, -0.05) is 6.92 Å². The highest BCUT2D eigenvalue weighted by Gasteiger charge is 2.21. The van der Waals surface area contributed by atoms with Crippen molar-refractivity contribution < 1.29 is 9.47 Å². The van der Waals surface area contributed by atoms with E-state index < -0.39 is 0 Å². The number of benzene rings is 1. The fourth-order valence-corrected chi connectivity index (χ4v) is 3.41. The molecule has 2 rings (SSSR count). The summed E-state index contributed by atoms with van der Waals surface area (Å²) in [5.74, 6) is 4.40. The maximum Gasteiger partial charge on any atom is 0.123 e. The van der Waals surface area contributed by atoms with Gasteiger partial charge in [-0.05, 0) is 43.9 Å². The highest BCUT2D eigenvalue weighted by Crippen LogP contribution is 2.34. The van der Waals surface area contributed by atoms with E-state index in [1.54, 1.807) is 7.11 Å². The molecule has 0 saturated carbocycles. The molecule has 0 radical (unpaired) electrons. The second kappa shape index (κ2) is 7.95. The lowest BCUT2D eigenvalue weighted by molar-refractivity contribution is 0.254. The van der Waals surface area contributed by atoms with Crippen LogP contribution in [0, 0.1) is 0 Å². The number of nitrogens with one attached hydrogen (secondary N) is 1. The average Bonchev–Trinajstić information content (AvgIpc) is 2.83. The number of ether oxygens (including phenoxy) is 2. The van der Waals surface area contributed by atoms with E-state index >= 15 is 0 Å². The van der Waals surface area contributed by atoms with Crippen molar-refractivity contribution in [1.29, 1.82) is 0 Å². The van der Waals surface area contributed by atoms with E-state index in [2.05, 4.69) is 38.2 Å². The molecule has 3 nitrogen and oxygen atoms in total. The highest BCUT2D eigenvalue weighted by molar-refractivity contribution is 7.99. The maximum atomic E-state index is 5.85. The zero-order chi connectivity index (χ0) is 15.2. The number of rotatable bonds is 8. The monoisotopic (exact) mass is 309 g/mol. The molecule has 0 bridgehead atoms. The normalized spacial score (nSPS) is 18.2.